The number of halogens is 3. The number of hydrogen-bond donors (Lipinski definition) is 0. The molecule has 0 aliphatic carbocycles. The number of benzene rings is 1. The van der Waals surface area contributed by atoms with Crippen molar-refractivity contribution in [2.75, 3.05) is 4.43 Å². The summed E-state index contributed by atoms with van der Waals surface area (Å²) in [6.07, 6.45) is 1.63. The minimum Gasteiger partial charge on any atom is -0.440 e. The summed E-state index contributed by atoms with van der Waals surface area (Å²) in [6, 6.07) is 9.51. The van der Waals surface area contributed by atoms with Crippen LogP contribution in [-0.2, 0) is 5.92 Å². The molecule has 0 atom stereocenters. The smallest absolute Gasteiger partial charge is 0.282 e. The molecule has 0 radical (unpaired) electrons. The van der Waals surface area contributed by atoms with Gasteiger partial charge in [0.25, 0.3) is 5.92 Å². The van der Waals surface area contributed by atoms with Crippen LogP contribution < -0.4 is 10.2 Å². The molecule has 1 aromatic carbocycles. The molecule has 2 aromatic rings. The van der Waals surface area contributed by atoms with Crippen LogP contribution in [0.1, 0.15) is 5.56 Å². The first-order valence-corrected chi connectivity index (χ1v) is 7.19. The van der Waals surface area contributed by atoms with Crippen LogP contribution in [0.15, 0.2) is 42.6 Å². The molecule has 0 N–H and O–H groups in total. The zero-order valence-electron chi connectivity index (χ0n) is 10.2. The van der Waals surface area contributed by atoms with Crippen LogP contribution in [0, 0.1) is 0 Å². The summed E-state index contributed by atoms with van der Waals surface area (Å²) in [5.41, 5.74) is 0.885. The van der Waals surface area contributed by atoms with Crippen LogP contribution in [0.4, 0.5) is 8.78 Å². The van der Waals surface area contributed by atoms with Gasteiger partial charge in [-0.1, -0.05) is 28.7 Å². The van der Waals surface area contributed by atoms with Crippen molar-refractivity contribution < 1.29 is 13.5 Å². The topological polar surface area (TPSA) is 22.1 Å². The summed E-state index contributed by atoms with van der Waals surface area (Å²) in [7, 11) is 1.88. The summed E-state index contributed by atoms with van der Waals surface area (Å²) in [6.45, 7) is 0. The Bertz CT molecular complexity index is 563. The molecule has 98 valence electrons. The quantitative estimate of drug-likeness (QED) is 0.467. The molecule has 6 heteroatoms. The summed E-state index contributed by atoms with van der Waals surface area (Å²) in [5.74, 6) is -1.83. The monoisotopic (exact) mass is 373 g/mol. The van der Waals surface area contributed by atoms with Crippen molar-refractivity contribution >= 4 is 35.9 Å². The van der Waals surface area contributed by atoms with Gasteiger partial charge in [-0.25, -0.2) is 13.8 Å². The van der Waals surface area contributed by atoms with Crippen molar-refractivity contribution in [2.45, 2.75) is 5.92 Å². The van der Waals surface area contributed by atoms with Gasteiger partial charge in [0.15, 0.2) is 0 Å². The van der Waals surface area contributed by atoms with Crippen LogP contribution in [0.5, 0.6) is 11.6 Å². The highest BCUT2D eigenvalue weighted by Gasteiger charge is 2.29. The summed E-state index contributed by atoms with van der Waals surface area (Å²) >= 11 is 1.67. The molecule has 0 amide bonds. The molecule has 0 aliphatic heterocycles. The number of pyridine rings is 1. The molecule has 0 saturated heterocycles. The fraction of sp³-hybridized carbons (Fsp3) is 0.154. The normalized spacial score (nSPS) is 11.3. The third-order valence-electron chi connectivity index (χ3n) is 2.62. The molecule has 0 saturated carbocycles. The number of nitrogens with zero attached hydrogens (tertiary/aromatic N) is 1. The molecule has 0 fully saturated rings. The maximum atomic E-state index is 13.4. The van der Waals surface area contributed by atoms with Crippen molar-refractivity contribution in [3.8, 4) is 11.6 Å². The Labute approximate surface area is 124 Å². The highest BCUT2D eigenvalue weighted by atomic mass is 127. The van der Waals surface area contributed by atoms with E-state index in [9.17, 15) is 8.78 Å². The first-order chi connectivity index (χ1) is 9.03. The number of hydrogen-bond acceptors (Lipinski definition) is 2. The van der Waals surface area contributed by atoms with E-state index in [0.29, 0.717) is 11.6 Å². The lowest BCUT2D eigenvalue weighted by Crippen LogP contribution is -2.14. The highest BCUT2D eigenvalue weighted by molar-refractivity contribution is 14.1. The summed E-state index contributed by atoms with van der Waals surface area (Å²) in [5, 5.41) is 0. The molecule has 2 nitrogen and oxygen atoms in total. The maximum absolute atomic E-state index is 13.4. The van der Waals surface area contributed by atoms with E-state index >= 15 is 0 Å². The van der Waals surface area contributed by atoms with Gasteiger partial charge in [0.1, 0.15) is 13.6 Å². The Morgan fingerprint density at radius 1 is 1.21 bits per heavy atom. The number of aromatic nitrogens is 1. The largest absolute Gasteiger partial charge is 0.440 e. The van der Waals surface area contributed by atoms with E-state index in [1.807, 2.05) is 20.0 Å². The van der Waals surface area contributed by atoms with E-state index < -0.39 is 5.92 Å². The second kappa shape index (κ2) is 5.86. The molecular weight excluding hydrogens is 362 g/mol. The third-order valence-corrected chi connectivity index (χ3v) is 3.58. The summed E-state index contributed by atoms with van der Waals surface area (Å²) in [4.78, 5) is 4.09. The number of rotatable bonds is 4. The second-order valence-electron chi connectivity index (χ2n) is 4.09. The van der Waals surface area contributed by atoms with Crippen molar-refractivity contribution in [1.29, 1.82) is 0 Å². The maximum Gasteiger partial charge on any atom is 0.282 e. The van der Waals surface area contributed by atoms with Gasteiger partial charge in [-0.15, -0.1) is 0 Å². The predicted molar refractivity (Wildman–Crippen MR) is 81.7 cm³/mol. The minimum absolute atomic E-state index is 0.00741. The molecule has 0 spiro atoms. The van der Waals surface area contributed by atoms with E-state index in [0.717, 1.165) is 5.46 Å². The van der Waals surface area contributed by atoms with Gasteiger partial charge in [-0.3, -0.25) is 0 Å². The Morgan fingerprint density at radius 2 is 1.89 bits per heavy atom. The predicted octanol–water partition coefficient (Wildman–Crippen LogP) is 2.66. The molecule has 0 unspecified atom stereocenters. The van der Waals surface area contributed by atoms with Gasteiger partial charge < -0.3 is 4.74 Å². The SMILES string of the molecule is Bc1cccnc1Oc1ccc(C(F)(F)CI)cc1. The van der Waals surface area contributed by atoms with Crippen LogP contribution in [0.3, 0.4) is 0 Å². The lowest BCUT2D eigenvalue weighted by atomic mass is 9.98. The number of ether oxygens (including phenoxy) is 1. The molecule has 0 bridgehead atoms. The van der Waals surface area contributed by atoms with E-state index in [2.05, 4.69) is 4.98 Å². The second-order valence-corrected chi connectivity index (χ2v) is 4.85. The van der Waals surface area contributed by atoms with Crippen molar-refractivity contribution in [3.63, 3.8) is 0 Å². The Kier molecular flexibility index (Phi) is 4.39. The van der Waals surface area contributed by atoms with E-state index in [1.165, 1.54) is 24.3 Å². The Morgan fingerprint density at radius 3 is 2.47 bits per heavy atom. The zero-order valence-corrected chi connectivity index (χ0v) is 12.4. The van der Waals surface area contributed by atoms with Gasteiger partial charge in [0, 0.05) is 11.8 Å². The van der Waals surface area contributed by atoms with Gasteiger partial charge >= 0.3 is 0 Å². The van der Waals surface area contributed by atoms with Crippen LogP contribution >= 0.6 is 22.6 Å². The number of alkyl halides is 3. The van der Waals surface area contributed by atoms with Gasteiger partial charge in [0.05, 0.1) is 4.43 Å². The molecule has 0 aliphatic rings. The van der Waals surface area contributed by atoms with Gasteiger partial charge in [-0.05, 0) is 35.8 Å². The minimum atomic E-state index is -2.81. The van der Waals surface area contributed by atoms with Gasteiger partial charge in [-0.2, -0.15) is 0 Å². The Balaban J connectivity index is 2.18. The fourth-order valence-corrected chi connectivity index (χ4v) is 1.97. The van der Waals surface area contributed by atoms with E-state index in [1.54, 1.807) is 28.8 Å². The van der Waals surface area contributed by atoms with Crippen molar-refractivity contribution in [2.24, 2.45) is 0 Å². The van der Waals surface area contributed by atoms with E-state index in [4.69, 9.17) is 4.74 Å². The Hall–Kier alpha value is -1.18. The molecule has 19 heavy (non-hydrogen) atoms. The average molecular weight is 373 g/mol. The van der Waals surface area contributed by atoms with Gasteiger partial charge in [0.2, 0.25) is 5.88 Å². The lowest BCUT2D eigenvalue weighted by molar-refractivity contribution is 0.0265. The van der Waals surface area contributed by atoms with Crippen molar-refractivity contribution in [1.82, 2.24) is 4.98 Å². The molecular formula is C13H11BF2INO. The van der Waals surface area contributed by atoms with Crippen LogP contribution in [0.2, 0.25) is 0 Å². The van der Waals surface area contributed by atoms with Crippen LogP contribution in [-0.4, -0.2) is 17.3 Å². The standard InChI is InChI=1S/C13H11BF2INO/c14-11-2-1-7-18-12(11)19-10-5-3-9(4-6-10)13(15,16)8-17/h1-7H,8,14H2. The zero-order chi connectivity index (χ0) is 13.9. The van der Waals surface area contributed by atoms with Crippen molar-refractivity contribution in [3.05, 3.63) is 48.2 Å². The molecule has 1 heterocycles. The highest BCUT2D eigenvalue weighted by Crippen LogP contribution is 2.31. The molecule has 1 aromatic heterocycles. The first kappa shape index (κ1) is 14.2. The van der Waals surface area contributed by atoms with E-state index in [-0.39, 0.29) is 9.99 Å². The first-order valence-electron chi connectivity index (χ1n) is 5.67. The fourth-order valence-electron chi connectivity index (χ4n) is 1.53. The van der Waals surface area contributed by atoms with Crippen LogP contribution in [0.25, 0.3) is 0 Å². The third kappa shape index (κ3) is 3.43. The molecule has 2 rings (SSSR count). The lowest BCUT2D eigenvalue weighted by Gasteiger charge is -2.14. The summed E-state index contributed by atoms with van der Waals surface area (Å²) < 4.78 is 32.2. The average Bonchev–Trinajstić information content (AvgIpc) is 2.42.